The zero-order valence-electron chi connectivity index (χ0n) is 17.2. The molecule has 0 fully saturated rings. The number of rotatable bonds is 7. The Bertz CT molecular complexity index is 1020. The van der Waals surface area contributed by atoms with E-state index in [0.717, 1.165) is 16.7 Å². The minimum absolute atomic E-state index is 0.00679. The normalized spacial score (nSPS) is 11.3. The van der Waals surface area contributed by atoms with E-state index in [1.165, 1.54) is 0 Å². The summed E-state index contributed by atoms with van der Waals surface area (Å²) in [6.45, 7) is 2.11. The predicted octanol–water partition coefficient (Wildman–Crippen LogP) is 4.03. The summed E-state index contributed by atoms with van der Waals surface area (Å²) in [5.74, 6) is -1.27. The summed E-state index contributed by atoms with van der Waals surface area (Å²) in [7, 11) is 0. The monoisotopic (exact) mass is 416 g/mol. The minimum atomic E-state index is -1.22. The van der Waals surface area contributed by atoms with Crippen molar-refractivity contribution >= 4 is 17.9 Å². The molecule has 0 aliphatic carbocycles. The second-order valence-corrected chi connectivity index (χ2v) is 6.87. The molecule has 0 bridgehead atoms. The molecule has 3 aromatic rings. The van der Waals surface area contributed by atoms with Crippen LogP contribution >= 0.6 is 0 Å². The van der Waals surface area contributed by atoms with Gasteiger partial charge in [0.15, 0.2) is 0 Å². The van der Waals surface area contributed by atoms with E-state index in [9.17, 15) is 14.4 Å². The Balaban J connectivity index is 1.68. The summed E-state index contributed by atoms with van der Waals surface area (Å²) >= 11 is 0. The zero-order chi connectivity index (χ0) is 22.1. The van der Waals surface area contributed by atoms with Gasteiger partial charge < -0.3 is 10.1 Å². The summed E-state index contributed by atoms with van der Waals surface area (Å²) in [6, 6.07) is 25.5. The molecule has 3 aromatic carbocycles. The summed E-state index contributed by atoms with van der Waals surface area (Å²) in [5.41, 5.74) is 3.38. The zero-order valence-corrected chi connectivity index (χ0v) is 17.2. The Morgan fingerprint density at radius 1 is 0.806 bits per heavy atom. The van der Waals surface area contributed by atoms with Crippen molar-refractivity contribution in [1.29, 1.82) is 0 Å². The fourth-order valence-electron chi connectivity index (χ4n) is 3.07. The number of amides is 3. The number of nitrogens with one attached hydrogen (secondary N) is 2. The SMILES string of the molecule is CCNC(=O)NC(=O)[C@@H](OC(=O)Cc1ccc(-c2ccccc2)cc1)c1ccccc1. The molecular formula is C25H24N2O4. The van der Waals surface area contributed by atoms with Crippen LogP contribution in [-0.2, 0) is 20.7 Å². The second-order valence-electron chi connectivity index (χ2n) is 6.87. The van der Waals surface area contributed by atoms with Crippen molar-refractivity contribution in [3.8, 4) is 11.1 Å². The van der Waals surface area contributed by atoms with E-state index in [2.05, 4.69) is 10.6 Å². The predicted molar refractivity (Wildman–Crippen MR) is 118 cm³/mol. The highest BCUT2D eigenvalue weighted by Gasteiger charge is 2.26. The number of carbonyl (C=O) groups excluding carboxylic acids is 3. The highest BCUT2D eigenvalue weighted by atomic mass is 16.5. The summed E-state index contributed by atoms with van der Waals surface area (Å²) in [6.07, 6.45) is -1.22. The molecule has 0 saturated carbocycles. The quantitative estimate of drug-likeness (QED) is 0.570. The van der Waals surface area contributed by atoms with Gasteiger partial charge in [-0.3, -0.25) is 14.9 Å². The van der Waals surface area contributed by atoms with Gasteiger partial charge in [-0.25, -0.2) is 4.79 Å². The van der Waals surface area contributed by atoms with Crippen LogP contribution in [0.25, 0.3) is 11.1 Å². The molecule has 0 aliphatic rings. The van der Waals surface area contributed by atoms with Gasteiger partial charge in [0.25, 0.3) is 5.91 Å². The van der Waals surface area contributed by atoms with Crippen LogP contribution in [0.4, 0.5) is 4.79 Å². The first-order valence-electron chi connectivity index (χ1n) is 10.0. The maximum atomic E-state index is 12.6. The van der Waals surface area contributed by atoms with Crippen LogP contribution in [0, 0.1) is 0 Å². The molecule has 3 amide bonds. The van der Waals surface area contributed by atoms with Crippen molar-refractivity contribution in [3.63, 3.8) is 0 Å². The smallest absolute Gasteiger partial charge is 0.321 e. The average molecular weight is 416 g/mol. The molecule has 3 rings (SSSR count). The van der Waals surface area contributed by atoms with E-state index in [1.54, 1.807) is 37.3 Å². The molecule has 0 spiro atoms. The third-order valence-corrected chi connectivity index (χ3v) is 4.57. The van der Waals surface area contributed by atoms with Gasteiger partial charge in [0.1, 0.15) is 0 Å². The molecular weight excluding hydrogens is 392 g/mol. The van der Waals surface area contributed by atoms with Crippen molar-refractivity contribution in [2.45, 2.75) is 19.4 Å². The van der Waals surface area contributed by atoms with Gasteiger partial charge in [0.05, 0.1) is 6.42 Å². The van der Waals surface area contributed by atoms with Crippen molar-refractivity contribution in [2.24, 2.45) is 0 Å². The van der Waals surface area contributed by atoms with Gasteiger partial charge in [-0.05, 0) is 23.6 Å². The Labute approximate surface area is 181 Å². The number of benzene rings is 3. The van der Waals surface area contributed by atoms with Crippen LogP contribution in [0.3, 0.4) is 0 Å². The molecule has 31 heavy (non-hydrogen) atoms. The topological polar surface area (TPSA) is 84.5 Å². The number of carbonyl (C=O) groups is 3. The number of imide groups is 1. The standard InChI is InChI=1S/C25H24N2O4/c1-2-26-25(30)27-24(29)23(21-11-7-4-8-12-21)31-22(28)17-18-13-15-20(16-14-18)19-9-5-3-6-10-19/h3-16,23H,2,17H2,1H3,(H2,26,27,29,30)/t23-/m0/s1. The van der Waals surface area contributed by atoms with Crippen molar-refractivity contribution in [1.82, 2.24) is 10.6 Å². The maximum absolute atomic E-state index is 12.6. The molecule has 0 saturated heterocycles. The van der Waals surface area contributed by atoms with Crippen LogP contribution in [0.5, 0.6) is 0 Å². The molecule has 0 aliphatic heterocycles. The molecule has 158 valence electrons. The lowest BCUT2D eigenvalue weighted by Crippen LogP contribution is -2.42. The van der Waals surface area contributed by atoms with E-state index in [-0.39, 0.29) is 6.42 Å². The molecule has 1 atom stereocenters. The maximum Gasteiger partial charge on any atom is 0.321 e. The summed E-state index contributed by atoms with van der Waals surface area (Å²) in [4.78, 5) is 36.9. The first-order chi connectivity index (χ1) is 15.1. The first-order valence-corrected chi connectivity index (χ1v) is 10.0. The highest BCUT2D eigenvalue weighted by molar-refractivity contribution is 5.97. The number of esters is 1. The molecule has 0 unspecified atom stereocenters. The average Bonchev–Trinajstić information content (AvgIpc) is 2.79. The molecule has 2 N–H and O–H groups in total. The summed E-state index contributed by atoms with van der Waals surface area (Å²) in [5, 5.41) is 4.69. The second kappa shape index (κ2) is 10.7. The summed E-state index contributed by atoms with van der Waals surface area (Å²) < 4.78 is 5.47. The molecule has 0 aromatic heterocycles. The molecule has 0 radical (unpaired) electrons. The molecule has 6 nitrogen and oxygen atoms in total. The van der Waals surface area contributed by atoms with Crippen molar-refractivity contribution in [3.05, 3.63) is 96.1 Å². The van der Waals surface area contributed by atoms with Crippen LogP contribution < -0.4 is 10.6 Å². The van der Waals surface area contributed by atoms with E-state index in [4.69, 9.17) is 4.74 Å². The van der Waals surface area contributed by atoms with E-state index >= 15 is 0 Å². The van der Waals surface area contributed by atoms with Crippen LogP contribution in [0.15, 0.2) is 84.9 Å². The Hall–Kier alpha value is -3.93. The van der Waals surface area contributed by atoms with E-state index in [1.807, 2.05) is 54.6 Å². The lowest BCUT2D eigenvalue weighted by molar-refractivity contribution is -0.155. The Morgan fingerprint density at radius 2 is 1.39 bits per heavy atom. The van der Waals surface area contributed by atoms with Gasteiger partial charge in [0, 0.05) is 12.1 Å². The van der Waals surface area contributed by atoms with Crippen LogP contribution in [-0.4, -0.2) is 24.5 Å². The molecule has 0 heterocycles. The van der Waals surface area contributed by atoms with Crippen molar-refractivity contribution < 1.29 is 19.1 Å². The van der Waals surface area contributed by atoms with Crippen LogP contribution in [0.1, 0.15) is 24.2 Å². The van der Waals surface area contributed by atoms with Gasteiger partial charge in [-0.2, -0.15) is 0 Å². The van der Waals surface area contributed by atoms with Crippen molar-refractivity contribution in [2.75, 3.05) is 6.54 Å². The third-order valence-electron chi connectivity index (χ3n) is 4.57. The van der Waals surface area contributed by atoms with E-state index in [0.29, 0.717) is 12.1 Å². The Morgan fingerprint density at radius 3 is 2.00 bits per heavy atom. The van der Waals surface area contributed by atoms with E-state index < -0.39 is 24.0 Å². The minimum Gasteiger partial charge on any atom is -0.447 e. The van der Waals surface area contributed by atoms with Gasteiger partial charge in [-0.15, -0.1) is 0 Å². The lowest BCUT2D eigenvalue weighted by Gasteiger charge is -2.18. The Kier molecular flexibility index (Phi) is 7.54. The lowest BCUT2D eigenvalue weighted by atomic mass is 10.0. The van der Waals surface area contributed by atoms with Crippen LogP contribution in [0.2, 0.25) is 0 Å². The van der Waals surface area contributed by atoms with Gasteiger partial charge >= 0.3 is 12.0 Å². The molecule has 6 heteroatoms. The van der Waals surface area contributed by atoms with Gasteiger partial charge in [-0.1, -0.05) is 84.9 Å². The third kappa shape index (κ3) is 6.27. The first kappa shape index (κ1) is 21.8. The fraction of sp³-hybridized carbons (Fsp3) is 0.160. The largest absolute Gasteiger partial charge is 0.447 e. The number of hydrogen-bond donors (Lipinski definition) is 2. The fourth-order valence-corrected chi connectivity index (χ4v) is 3.07. The highest BCUT2D eigenvalue weighted by Crippen LogP contribution is 2.21. The number of ether oxygens (including phenoxy) is 1. The number of hydrogen-bond acceptors (Lipinski definition) is 4. The number of urea groups is 1. The van der Waals surface area contributed by atoms with Gasteiger partial charge in [0.2, 0.25) is 6.10 Å².